The van der Waals surface area contributed by atoms with Crippen LogP contribution in [0.25, 0.3) is 0 Å². The zero-order valence-electron chi connectivity index (χ0n) is 12.2. The molecule has 2 atom stereocenters. The minimum absolute atomic E-state index is 0.0178. The second-order valence-corrected chi connectivity index (χ2v) is 7.39. The Hall–Kier alpha value is -1.39. The van der Waals surface area contributed by atoms with Gasteiger partial charge in [-0.1, -0.05) is 20.8 Å². The van der Waals surface area contributed by atoms with Gasteiger partial charge in [0.25, 0.3) is 5.91 Å². The van der Waals surface area contributed by atoms with Crippen LogP contribution in [-0.4, -0.2) is 38.6 Å². The van der Waals surface area contributed by atoms with Crippen LogP contribution < -0.4 is 0 Å². The molecule has 0 spiro atoms. The minimum atomic E-state index is -0.0178. The maximum absolute atomic E-state index is 12.5. The largest absolute Gasteiger partial charge is 0.332 e. The van der Waals surface area contributed by atoms with Gasteiger partial charge in [0, 0.05) is 12.6 Å². The van der Waals surface area contributed by atoms with Crippen molar-refractivity contribution >= 4 is 5.91 Å². The van der Waals surface area contributed by atoms with Crippen LogP contribution in [0.4, 0.5) is 0 Å². The maximum Gasteiger partial charge on any atom is 0.293 e. The molecule has 0 aromatic carbocycles. The maximum atomic E-state index is 12.5. The van der Waals surface area contributed by atoms with E-state index in [1.807, 2.05) is 11.8 Å². The summed E-state index contributed by atoms with van der Waals surface area (Å²) < 4.78 is 0. The molecule has 2 heterocycles. The molecule has 1 amide bonds. The summed E-state index contributed by atoms with van der Waals surface area (Å²) in [4.78, 5) is 18.7. The molecule has 1 aromatic rings. The molecule has 104 valence electrons. The van der Waals surface area contributed by atoms with Crippen molar-refractivity contribution in [3.8, 4) is 0 Å². The van der Waals surface area contributed by atoms with Gasteiger partial charge in [-0.3, -0.25) is 9.89 Å². The van der Waals surface area contributed by atoms with E-state index in [0.717, 1.165) is 19.4 Å². The highest BCUT2D eigenvalue weighted by molar-refractivity contribution is 5.91. The van der Waals surface area contributed by atoms with Gasteiger partial charge < -0.3 is 4.90 Å². The summed E-state index contributed by atoms with van der Waals surface area (Å²) >= 11 is 0. The van der Waals surface area contributed by atoms with Crippen LogP contribution in [0.5, 0.6) is 0 Å². The number of amides is 1. The van der Waals surface area contributed by atoms with E-state index in [2.05, 4.69) is 36.0 Å². The summed E-state index contributed by atoms with van der Waals surface area (Å²) in [6, 6.07) is 0.347. The fourth-order valence-electron chi connectivity index (χ4n) is 4.26. The third kappa shape index (κ3) is 2.15. The van der Waals surface area contributed by atoms with Crippen molar-refractivity contribution in [2.24, 2.45) is 10.8 Å². The van der Waals surface area contributed by atoms with Crippen molar-refractivity contribution in [2.75, 3.05) is 6.54 Å². The zero-order chi connectivity index (χ0) is 13.8. The summed E-state index contributed by atoms with van der Waals surface area (Å²) in [6.07, 6.45) is 3.39. The van der Waals surface area contributed by atoms with Crippen molar-refractivity contribution in [3.05, 3.63) is 11.6 Å². The normalized spacial score (nSPS) is 32.6. The van der Waals surface area contributed by atoms with Crippen LogP contribution in [0, 0.1) is 17.8 Å². The van der Waals surface area contributed by atoms with Gasteiger partial charge in [0.15, 0.2) is 0 Å². The first kappa shape index (κ1) is 12.6. The average Bonchev–Trinajstić information content (AvgIpc) is 2.78. The number of fused-ring (bicyclic) bond motifs is 2. The van der Waals surface area contributed by atoms with Crippen molar-refractivity contribution < 1.29 is 4.79 Å². The Morgan fingerprint density at radius 1 is 1.37 bits per heavy atom. The number of aromatic nitrogens is 3. The molecule has 5 heteroatoms. The van der Waals surface area contributed by atoms with Crippen molar-refractivity contribution in [2.45, 2.75) is 53.0 Å². The Kier molecular flexibility index (Phi) is 2.53. The standard InChI is InChI=1S/C14H22N4O/c1-9-15-11(17-16-9)12(19)18-8-14(4)6-10(18)5-13(2,3)7-14/h10H,5-8H2,1-4H3,(H,15,16,17). The van der Waals surface area contributed by atoms with E-state index in [1.165, 1.54) is 6.42 Å². The lowest BCUT2D eigenvalue weighted by atomic mass is 9.65. The molecule has 1 aliphatic heterocycles. The minimum Gasteiger partial charge on any atom is -0.332 e. The van der Waals surface area contributed by atoms with E-state index >= 15 is 0 Å². The van der Waals surface area contributed by atoms with Crippen molar-refractivity contribution in [3.63, 3.8) is 0 Å². The lowest BCUT2D eigenvalue weighted by Crippen LogP contribution is -2.38. The third-order valence-corrected chi connectivity index (χ3v) is 4.46. The van der Waals surface area contributed by atoms with E-state index in [0.29, 0.717) is 23.1 Å². The molecule has 1 aliphatic carbocycles. The zero-order valence-corrected chi connectivity index (χ0v) is 12.2. The number of likely N-dealkylation sites (tertiary alicyclic amines) is 1. The number of aryl methyl sites for hydroxylation is 1. The van der Waals surface area contributed by atoms with Crippen LogP contribution in [0.1, 0.15) is 56.5 Å². The molecule has 1 saturated heterocycles. The van der Waals surface area contributed by atoms with Crippen LogP contribution in [0.15, 0.2) is 0 Å². The highest BCUT2D eigenvalue weighted by Gasteiger charge is 2.51. The molecule has 2 bridgehead atoms. The Bertz CT molecular complexity index is 521. The molecule has 1 aromatic heterocycles. The second-order valence-electron chi connectivity index (χ2n) is 7.39. The monoisotopic (exact) mass is 262 g/mol. The number of hydrogen-bond acceptors (Lipinski definition) is 3. The number of rotatable bonds is 1. The molecular weight excluding hydrogens is 240 g/mol. The summed E-state index contributed by atoms with van der Waals surface area (Å²) in [5, 5.41) is 6.76. The van der Waals surface area contributed by atoms with Crippen LogP contribution in [0.2, 0.25) is 0 Å². The number of H-pyrrole nitrogens is 1. The first-order valence-corrected chi connectivity index (χ1v) is 6.98. The first-order valence-electron chi connectivity index (χ1n) is 6.98. The first-order chi connectivity index (χ1) is 8.78. The Balaban J connectivity index is 1.86. The summed E-state index contributed by atoms with van der Waals surface area (Å²) in [5.41, 5.74) is 0.578. The lowest BCUT2D eigenvalue weighted by molar-refractivity contribution is 0.0696. The Morgan fingerprint density at radius 2 is 2.11 bits per heavy atom. The quantitative estimate of drug-likeness (QED) is 0.843. The van der Waals surface area contributed by atoms with Gasteiger partial charge in [-0.15, -0.1) is 5.10 Å². The number of aromatic amines is 1. The fraction of sp³-hybridized carbons (Fsp3) is 0.786. The molecule has 19 heavy (non-hydrogen) atoms. The highest BCUT2D eigenvalue weighted by atomic mass is 16.2. The molecule has 2 unspecified atom stereocenters. The van der Waals surface area contributed by atoms with E-state index in [-0.39, 0.29) is 11.3 Å². The Labute approximate surface area is 113 Å². The predicted octanol–water partition coefficient (Wildman–Crippen LogP) is 2.15. The highest BCUT2D eigenvalue weighted by Crippen LogP contribution is 2.52. The SMILES string of the molecule is Cc1nc(C(=O)N2CC3(C)CC2CC(C)(C)C3)n[nH]1. The number of nitrogens with zero attached hydrogens (tertiary/aromatic N) is 3. The van der Waals surface area contributed by atoms with E-state index in [4.69, 9.17) is 0 Å². The molecular formula is C14H22N4O. The van der Waals surface area contributed by atoms with E-state index < -0.39 is 0 Å². The second kappa shape index (κ2) is 3.81. The molecule has 2 fully saturated rings. The van der Waals surface area contributed by atoms with Crippen molar-refractivity contribution in [1.82, 2.24) is 20.1 Å². The van der Waals surface area contributed by atoms with E-state index in [1.54, 1.807) is 0 Å². The predicted molar refractivity (Wildman–Crippen MR) is 71.7 cm³/mol. The van der Waals surface area contributed by atoms with Crippen molar-refractivity contribution in [1.29, 1.82) is 0 Å². The molecule has 1 N–H and O–H groups in total. The van der Waals surface area contributed by atoms with Gasteiger partial charge in [-0.25, -0.2) is 4.98 Å². The van der Waals surface area contributed by atoms with Gasteiger partial charge >= 0.3 is 0 Å². The number of nitrogens with one attached hydrogen (secondary N) is 1. The molecule has 2 aliphatic rings. The number of carbonyl (C=O) groups is 1. The van der Waals surface area contributed by atoms with Gasteiger partial charge in [0.05, 0.1) is 0 Å². The van der Waals surface area contributed by atoms with Gasteiger partial charge in [-0.2, -0.15) is 0 Å². The van der Waals surface area contributed by atoms with Gasteiger partial charge in [0.2, 0.25) is 5.82 Å². The van der Waals surface area contributed by atoms with Gasteiger partial charge in [0.1, 0.15) is 5.82 Å². The molecule has 3 rings (SSSR count). The third-order valence-electron chi connectivity index (χ3n) is 4.46. The van der Waals surface area contributed by atoms with Gasteiger partial charge in [-0.05, 0) is 37.0 Å². The molecule has 0 radical (unpaired) electrons. The summed E-state index contributed by atoms with van der Waals surface area (Å²) in [5.74, 6) is 0.985. The number of carbonyl (C=O) groups excluding carboxylic acids is 1. The van der Waals surface area contributed by atoms with Crippen LogP contribution >= 0.6 is 0 Å². The smallest absolute Gasteiger partial charge is 0.293 e. The average molecular weight is 262 g/mol. The van der Waals surface area contributed by atoms with E-state index in [9.17, 15) is 4.79 Å². The lowest BCUT2D eigenvalue weighted by Gasteiger charge is -2.39. The van der Waals surface area contributed by atoms with Crippen LogP contribution in [0.3, 0.4) is 0 Å². The van der Waals surface area contributed by atoms with Crippen LogP contribution in [-0.2, 0) is 0 Å². The summed E-state index contributed by atoms with van der Waals surface area (Å²) in [7, 11) is 0. The summed E-state index contributed by atoms with van der Waals surface area (Å²) in [6.45, 7) is 9.58. The number of hydrogen-bond donors (Lipinski definition) is 1. The fourth-order valence-corrected chi connectivity index (χ4v) is 4.26. The topological polar surface area (TPSA) is 61.9 Å². The molecule has 5 nitrogen and oxygen atoms in total. The molecule has 1 saturated carbocycles. The Morgan fingerprint density at radius 3 is 2.74 bits per heavy atom.